The van der Waals surface area contributed by atoms with Gasteiger partial charge in [0.25, 0.3) is 0 Å². The van der Waals surface area contributed by atoms with Crippen LogP contribution < -0.4 is 5.32 Å². The van der Waals surface area contributed by atoms with Crippen LogP contribution in [-0.2, 0) is 16.6 Å². The van der Waals surface area contributed by atoms with Gasteiger partial charge in [-0.1, -0.05) is 63.1 Å². The van der Waals surface area contributed by atoms with Crippen LogP contribution in [-0.4, -0.2) is 46.1 Å². The van der Waals surface area contributed by atoms with Crippen molar-refractivity contribution in [2.75, 3.05) is 19.6 Å². The minimum absolute atomic E-state index is 0.179. The van der Waals surface area contributed by atoms with E-state index in [1.54, 1.807) is 0 Å². The van der Waals surface area contributed by atoms with Crippen molar-refractivity contribution in [2.45, 2.75) is 82.5 Å². The van der Waals surface area contributed by atoms with Crippen molar-refractivity contribution >= 4 is 22.7 Å². The number of unbranched alkanes of at least 4 members (excludes halogenated alkanes) is 1. The van der Waals surface area contributed by atoms with Crippen molar-refractivity contribution in [3.8, 4) is 0 Å². The minimum Gasteiger partial charge on any atom is -0.303 e. The second-order valence-electron chi connectivity index (χ2n) is 10.5. The first kappa shape index (κ1) is 22.6. The number of nitrogens with one attached hydrogen (secondary N) is 1. The number of amides is 2. The number of benzene rings is 1. The van der Waals surface area contributed by atoms with E-state index in [0.29, 0.717) is 18.8 Å². The molecular weight excluding hydrogens is 412 g/mol. The van der Waals surface area contributed by atoms with E-state index >= 15 is 0 Å². The first-order valence-corrected chi connectivity index (χ1v) is 13.1. The van der Waals surface area contributed by atoms with E-state index in [-0.39, 0.29) is 17.7 Å². The van der Waals surface area contributed by atoms with Crippen molar-refractivity contribution in [1.29, 1.82) is 0 Å². The van der Waals surface area contributed by atoms with Crippen molar-refractivity contribution in [1.82, 2.24) is 20.0 Å². The summed E-state index contributed by atoms with van der Waals surface area (Å²) in [4.78, 5) is 26.7. The lowest BCUT2D eigenvalue weighted by atomic mass is 9.86. The van der Waals surface area contributed by atoms with Gasteiger partial charge in [-0.25, -0.2) is 0 Å². The van der Waals surface area contributed by atoms with Gasteiger partial charge < -0.3 is 4.90 Å². The highest BCUT2D eigenvalue weighted by Gasteiger charge is 2.33. The summed E-state index contributed by atoms with van der Waals surface area (Å²) >= 11 is 0. The Balaban J connectivity index is 1.23. The molecule has 2 aliphatic heterocycles. The second-order valence-corrected chi connectivity index (χ2v) is 10.5. The first-order chi connectivity index (χ1) is 16.1. The van der Waals surface area contributed by atoms with Crippen LogP contribution in [0.2, 0.25) is 0 Å². The Bertz CT molecular complexity index is 1010. The van der Waals surface area contributed by atoms with E-state index in [2.05, 4.69) is 28.4 Å². The molecule has 2 aromatic rings. The number of fused-ring (bicyclic) bond motifs is 1. The van der Waals surface area contributed by atoms with E-state index in [9.17, 15) is 9.59 Å². The zero-order valence-corrected chi connectivity index (χ0v) is 20.0. The van der Waals surface area contributed by atoms with Gasteiger partial charge in [0.2, 0.25) is 11.8 Å². The fraction of sp³-hybridized carbons (Fsp3) is 0.667. The summed E-state index contributed by atoms with van der Waals surface area (Å²) in [7, 11) is 1.99. The smallest absolute Gasteiger partial charge is 0.235 e. The molecule has 0 spiro atoms. The molecule has 2 amide bonds. The highest BCUT2D eigenvalue weighted by molar-refractivity contribution is 6.02. The molecule has 2 atom stereocenters. The third-order valence-corrected chi connectivity index (χ3v) is 8.27. The average molecular weight is 451 g/mol. The van der Waals surface area contributed by atoms with Crippen molar-refractivity contribution < 1.29 is 9.59 Å². The monoisotopic (exact) mass is 450 g/mol. The van der Waals surface area contributed by atoms with Crippen LogP contribution in [0.25, 0.3) is 10.9 Å². The maximum atomic E-state index is 12.5. The van der Waals surface area contributed by atoms with Gasteiger partial charge in [-0.15, -0.1) is 0 Å². The number of hydrogen-bond acceptors (Lipinski definition) is 4. The molecular formula is C27H38N4O2. The normalized spacial score (nSPS) is 25.1. The number of imide groups is 1. The number of rotatable bonds is 7. The Kier molecular flexibility index (Phi) is 6.81. The molecule has 1 aromatic heterocycles. The molecule has 3 aliphatic rings. The van der Waals surface area contributed by atoms with Crippen molar-refractivity contribution in [2.24, 2.45) is 13.0 Å². The lowest BCUT2D eigenvalue weighted by molar-refractivity contribution is -0.134. The second kappa shape index (κ2) is 9.96. The fourth-order valence-corrected chi connectivity index (χ4v) is 6.47. The van der Waals surface area contributed by atoms with Crippen LogP contribution in [0.5, 0.6) is 0 Å². The molecule has 5 rings (SSSR count). The van der Waals surface area contributed by atoms with Crippen LogP contribution in [0, 0.1) is 5.92 Å². The Morgan fingerprint density at radius 2 is 1.91 bits per heavy atom. The van der Waals surface area contributed by atoms with Crippen LogP contribution >= 0.6 is 0 Å². The third kappa shape index (κ3) is 4.86. The first-order valence-electron chi connectivity index (χ1n) is 13.1. The van der Waals surface area contributed by atoms with Crippen LogP contribution in [0.1, 0.15) is 93.7 Å². The van der Waals surface area contributed by atoms with E-state index in [1.165, 1.54) is 76.4 Å². The largest absolute Gasteiger partial charge is 0.303 e. The number of carbonyl (C=O) groups excluding carboxylic acids is 2. The molecule has 33 heavy (non-hydrogen) atoms. The molecule has 3 heterocycles. The molecule has 1 saturated carbocycles. The molecule has 178 valence electrons. The number of aromatic nitrogens is 2. The summed E-state index contributed by atoms with van der Waals surface area (Å²) in [6.07, 6.45) is 13.5. The molecule has 0 bridgehead atoms. The summed E-state index contributed by atoms with van der Waals surface area (Å²) in [5.41, 5.74) is 3.32. The number of likely N-dealkylation sites (tertiary alicyclic amines) is 1. The molecule has 1 unspecified atom stereocenters. The molecule has 1 aromatic carbocycles. The predicted octanol–water partition coefficient (Wildman–Crippen LogP) is 4.63. The molecule has 3 fully saturated rings. The SMILES string of the molecule is Cn1nc(C2CCC(=O)NC2=O)c2cccc([C@H]3CCN(CCCCC4CCCCC4)C3)c21. The summed E-state index contributed by atoms with van der Waals surface area (Å²) < 4.78 is 1.95. The molecule has 0 radical (unpaired) electrons. The molecule has 2 saturated heterocycles. The highest BCUT2D eigenvalue weighted by atomic mass is 16.2. The Morgan fingerprint density at radius 3 is 2.73 bits per heavy atom. The zero-order valence-electron chi connectivity index (χ0n) is 20.0. The topological polar surface area (TPSA) is 67.2 Å². The van der Waals surface area contributed by atoms with E-state index < -0.39 is 0 Å². The van der Waals surface area contributed by atoms with Gasteiger partial charge in [0.15, 0.2) is 0 Å². The molecule has 6 nitrogen and oxygen atoms in total. The predicted molar refractivity (Wildman–Crippen MR) is 130 cm³/mol. The van der Waals surface area contributed by atoms with Crippen LogP contribution in [0.15, 0.2) is 18.2 Å². The number of para-hydroxylation sites is 1. The average Bonchev–Trinajstić information content (AvgIpc) is 3.42. The van der Waals surface area contributed by atoms with Gasteiger partial charge >= 0.3 is 0 Å². The Labute approximate surface area is 197 Å². The summed E-state index contributed by atoms with van der Waals surface area (Å²) in [5.74, 6) is 0.771. The Morgan fingerprint density at radius 1 is 1.06 bits per heavy atom. The lowest BCUT2D eigenvalue weighted by Gasteiger charge is -2.22. The van der Waals surface area contributed by atoms with Gasteiger partial charge in [-0.2, -0.15) is 5.10 Å². The van der Waals surface area contributed by atoms with E-state index in [4.69, 9.17) is 5.10 Å². The van der Waals surface area contributed by atoms with Gasteiger partial charge in [0, 0.05) is 25.4 Å². The van der Waals surface area contributed by atoms with Gasteiger partial charge in [0.05, 0.1) is 17.1 Å². The van der Waals surface area contributed by atoms with Gasteiger partial charge in [0.1, 0.15) is 0 Å². The summed E-state index contributed by atoms with van der Waals surface area (Å²) in [6, 6.07) is 6.44. The number of aryl methyl sites for hydroxylation is 1. The van der Waals surface area contributed by atoms with Gasteiger partial charge in [-0.05, 0) is 49.8 Å². The van der Waals surface area contributed by atoms with Crippen LogP contribution in [0.3, 0.4) is 0 Å². The number of carbonyl (C=O) groups is 2. The Hall–Kier alpha value is -2.21. The molecule has 1 aliphatic carbocycles. The lowest BCUT2D eigenvalue weighted by Crippen LogP contribution is -2.39. The highest BCUT2D eigenvalue weighted by Crippen LogP contribution is 2.37. The standard InChI is InChI=1S/C27H38N4O2/c1-30-26-21(11-7-12-22(26)25(29-30)23-13-14-24(32)28-27(23)33)20-15-17-31(18-20)16-6-5-10-19-8-3-2-4-9-19/h7,11-12,19-20,23H,2-6,8-10,13-18H2,1H3,(H,28,32,33)/t20-,23?/m0/s1. The number of hydrogen-bond donors (Lipinski definition) is 1. The molecule has 6 heteroatoms. The zero-order chi connectivity index (χ0) is 22.8. The van der Waals surface area contributed by atoms with E-state index in [1.807, 2.05) is 11.7 Å². The maximum Gasteiger partial charge on any atom is 0.235 e. The minimum atomic E-state index is -0.342. The fourth-order valence-electron chi connectivity index (χ4n) is 6.47. The third-order valence-electron chi connectivity index (χ3n) is 8.27. The van der Waals surface area contributed by atoms with E-state index in [0.717, 1.165) is 29.1 Å². The van der Waals surface area contributed by atoms with Crippen molar-refractivity contribution in [3.63, 3.8) is 0 Å². The number of piperidine rings is 1. The summed E-state index contributed by atoms with van der Waals surface area (Å²) in [5, 5.41) is 8.33. The number of nitrogens with zero attached hydrogens (tertiary/aromatic N) is 3. The van der Waals surface area contributed by atoms with Gasteiger partial charge in [-0.3, -0.25) is 19.6 Å². The summed E-state index contributed by atoms with van der Waals surface area (Å²) in [6.45, 7) is 3.50. The van der Waals surface area contributed by atoms with Crippen LogP contribution in [0.4, 0.5) is 0 Å². The quantitative estimate of drug-likeness (QED) is 0.493. The maximum absolute atomic E-state index is 12.5. The molecule has 1 N–H and O–H groups in total. The van der Waals surface area contributed by atoms with Crippen molar-refractivity contribution in [3.05, 3.63) is 29.5 Å².